The van der Waals surface area contributed by atoms with Gasteiger partial charge in [-0.15, -0.1) is 0 Å². The molecule has 2 N–H and O–H groups in total. The standard InChI is InChI=1S/C91H79N13O7/c92-85(105)79-36-10-4-30-73(79)60-100(55-67-23-17-43-94-49-67)87(107)81-38-12-6-32-75(81)62-102(57-69-25-19-45-96-51-69)89(109)83-40-14-8-34-77(83)64-104(59-71-27-21-47-98-53-71)91(111)84-41-15-9-35-78(84)65-103(58-70-26-20-46-97-52-70)90(110)82-39-13-7-33-76(82)63-101(56-68-24-18-44-95-50-68)88(108)80-37-11-5-31-74(80)61-99(54-66-22-16-42-93-48-66)86(106)72-28-2-1-3-29-72/h1-53H,54-65H2,(H2,92,105). The number of primary amides is 1. The van der Waals surface area contributed by atoms with Gasteiger partial charge in [-0.2, -0.15) is 0 Å². The number of aromatic nitrogens is 6. The topological polar surface area (TPSA) is 242 Å². The highest BCUT2D eigenvalue weighted by Gasteiger charge is 2.31. The molecule has 0 saturated carbocycles. The minimum atomic E-state index is -0.627. The number of carbonyl (C=O) groups is 7. The molecule has 0 unspecified atom stereocenters. The molecule has 111 heavy (non-hydrogen) atoms. The molecule has 0 atom stereocenters. The van der Waals surface area contributed by atoms with Crippen molar-refractivity contribution >= 4 is 41.4 Å². The van der Waals surface area contributed by atoms with Gasteiger partial charge in [-0.1, -0.05) is 164 Å². The van der Waals surface area contributed by atoms with Crippen molar-refractivity contribution < 1.29 is 33.6 Å². The fraction of sp³-hybridized carbons (Fsp3) is 0.132. The van der Waals surface area contributed by atoms with Crippen LogP contribution in [-0.4, -0.2) is 101 Å². The van der Waals surface area contributed by atoms with Gasteiger partial charge < -0.3 is 35.1 Å². The number of nitrogens with two attached hydrogens (primary N) is 1. The molecule has 0 spiro atoms. The second-order valence-corrected chi connectivity index (χ2v) is 26.8. The predicted octanol–water partition coefficient (Wildman–Crippen LogP) is 14.2. The molecule has 0 aliphatic carbocycles. The Morgan fingerprint density at radius 3 is 0.604 bits per heavy atom. The Bertz CT molecular complexity index is 5360. The summed E-state index contributed by atoms with van der Waals surface area (Å²) in [5.74, 6) is -2.71. The molecule has 7 aromatic carbocycles. The summed E-state index contributed by atoms with van der Waals surface area (Å²) in [5.41, 5.74) is 16.1. The fourth-order valence-electron chi connectivity index (χ4n) is 13.6. The lowest BCUT2D eigenvalue weighted by Crippen LogP contribution is -2.36. The highest BCUT2D eigenvalue weighted by molar-refractivity contribution is 6.01. The molecule has 20 heteroatoms. The monoisotopic (exact) mass is 1470 g/mol. The van der Waals surface area contributed by atoms with Crippen LogP contribution in [0.4, 0.5) is 0 Å². The van der Waals surface area contributed by atoms with Crippen molar-refractivity contribution in [3.05, 3.63) is 429 Å². The van der Waals surface area contributed by atoms with Crippen molar-refractivity contribution in [2.24, 2.45) is 5.73 Å². The van der Waals surface area contributed by atoms with Gasteiger partial charge in [0.1, 0.15) is 0 Å². The minimum Gasteiger partial charge on any atom is -0.366 e. The second kappa shape index (κ2) is 36.8. The molecular formula is C91H79N13O7. The van der Waals surface area contributed by atoms with E-state index in [2.05, 4.69) is 29.9 Å². The molecule has 0 radical (unpaired) electrons. The Morgan fingerprint density at radius 2 is 0.396 bits per heavy atom. The maximum Gasteiger partial charge on any atom is 0.254 e. The number of rotatable bonds is 31. The number of amides is 7. The summed E-state index contributed by atoms with van der Waals surface area (Å²) in [7, 11) is 0. The third kappa shape index (κ3) is 19.5. The van der Waals surface area contributed by atoms with Crippen molar-refractivity contribution in [3.63, 3.8) is 0 Å². The molecule has 0 aliphatic rings. The molecule has 0 fully saturated rings. The average Bonchev–Trinajstić information content (AvgIpc) is 0.805. The van der Waals surface area contributed by atoms with E-state index in [9.17, 15) is 9.59 Å². The van der Waals surface area contributed by atoms with Crippen LogP contribution in [0.1, 0.15) is 139 Å². The van der Waals surface area contributed by atoms with E-state index in [0.717, 1.165) is 27.8 Å². The zero-order valence-corrected chi connectivity index (χ0v) is 60.9. The van der Waals surface area contributed by atoms with Gasteiger partial charge >= 0.3 is 0 Å². The van der Waals surface area contributed by atoms with E-state index in [1.165, 1.54) is 0 Å². The average molecular weight is 1470 g/mol. The predicted molar refractivity (Wildman–Crippen MR) is 420 cm³/mol. The number of hydrogen-bond acceptors (Lipinski definition) is 13. The first kappa shape index (κ1) is 75.0. The normalized spacial score (nSPS) is 10.9. The van der Waals surface area contributed by atoms with Gasteiger partial charge in [0, 0.05) is 192 Å². The SMILES string of the molecule is NC(=O)c1ccccc1CN(Cc1cccnc1)C(=O)c1ccccc1CN(Cc1cccnc1)C(=O)c1ccccc1CN(Cc1cccnc1)C(=O)c1ccccc1CN(Cc1cccnc1)C(=O)c1ccccc1CN(Cc1cccnc1)C(=O)c1ccccc1CN(Cc1cccnc1)C(=O)c1ccccc1. The molecule has 13 aromatic rings. The molecule has 0 saturated heterocycles. The van der Waals surface area contributed by atoms with Crippen molar-refractivity contribution in [2.45, 2.75) is 78.5 Å². The Morgan fingerprint density at radius 1 is 0.207 bits per heavy atom. The Hall–Kier alpha value is -14.3. The lowest BCUT2D eigenvalue weighted by atomic mass is 10.0. The Kier molecular flexibility index (Phi) is 24.9. The fourth-order valence-corrected chi connectivity index (χ4v) is 13.6. The molecule has 7 amide bonds. The van der Waals surface area contributed by atoms with Crippen LogP contribution >= 0.6 is 0 Å². The van der Waals surface area contributed by atoms with Crippen LogP contribution in [0.15, 0.2) is 323 Å². The number of hydrogen-bond donors (Lipinski definition) is 1. The van der Waals surface area contributed by atoms with Gasteiger partial charge in [0.15, 0.2) is 0 Å². The van der Waals surface area contributed by atoms with Crippen LogP contribution in [-0.2, 0) is 78.5 Å². The van der Waals surface area contributed by atoms with Gasteiger partial charge in [-0.25, -0.2) is 0 Å². The van der Waals surface area contributed by atoms with E-state index in [-0.39, 0.29) is 114 Å². The first-order chi connectivity index (χ1) is 54.4. The van der Waals surface area contributed by atoms with Gasteiger partial charge in [0.05, 0.1) is 0 Å². The van der Waals surface area contributed by atoms with E-state index in [4.69, 9.17) is 5.73 Å². The van der Waals surface area contributed by atoms with Crippen LogP contribution < -0.4 is 5.73 Å². The van der Waals surface area contributed by atoms with Gasteiger partial charge in [0.2, 0.25) is 5.91 Å². The van der Waals surface area contributed by atoms with Crippen LogP contribution in [0.2, 0.25) is 0 Å². The largest absolute Gasteiger partial charge is 0.366 e. The van der Waals surface area contributed by atoms with E-state index in [1.807, 2.05) is 121 Å². The smallest absolute Gasteiger partial charge is 0.254 e. The van der Waals surface area contributed by atoms with Gasteiger partial charge in [0.25, 0.3) is 35.4 Å². The van der Waals surface area contributed by atoms with Crippen LogP contribution in [0.3, 0.4) is 0 Å². The van der Waals surface area contributed by atoms with Crippen LogP contribution in [0, 0.1) is 0 Å². The lowest BCUT2D eigenvalue weighted by Gasteiger charge is -2.29. The van der Waals surface area contributed by atoms with Crippen LogP contribution in [0.5, 0.6) is 0 Å². The summed E-state index contributed by atoms with van der Waals surface area (Å²) in [5, 5.41) is 0. The summed E-state index contributed by atoms with van der Waals surface area (Å²) in [4.78, 5) is 142. The zero-order valence-electron chi connectivity index (χ0n) is 60.9. The lowest BCUT2D eigenvalue weighted by molar-refractivity contribution is 0.0686. The second-order valence-electron chi connectivity index (χ2n) is 26.8. The third-order valence-corrected chi connectivity index (χ3v) is 19.0. The molecule has 13 rings (SSSR count). The molecule has 20 nitrogen and oxygen atoms in total. The molecule has 6 heterocycles. The number of benzene rings is 7. The van der Waals surface area contributed by atoms with Crippen molar-refractivity contribution in [1.29, 1.82) is 0 Å². The maximum atomic E-state index is 16.0. The highest BCUT2D eigenvalue weighted by atomic mass is 16.2. The molecule has 0 bridgehead atoms. The van der Waals surface area contributed by atoms with Crippen molar-refractivity contribution in [3.8, 4) is 0 Å². The van der Waals surface area contributed by atoms with E-state index in [0.29, 0.717) is 72.3 Å². The van der Waals surface area contributed by atoms with Crippen molar-refractivity contribution in [1.82, 2.24) is 59.3 Å². The van der Waals surface area contributed by atoms with E-state index in [1.54, 1.807) is 231 Å². The summed E-state index contributed by atoms with van der Waals surface area (Å²) in [6, 6.07) is 74.0. The first-order valence-electron chi connectivity index (χ1n) is 36.3. The van der Waals surface area contributed by atoms with Crippen LogP contribution in [0.25, 0.3) is 0 Å². The molecule has 6 aromatic heterocycles. The number of nitrogens with zero attached hydrogens (tertiary/aromatic N) is 12. The maximum absolute atomic E-state index is 16.0. The molecular weight excluding hydrogens is 1390 g/mol. The minimum absolute atomic E-state index is 0.0214. The number of carbonyl (C=O) groups excluding carboxylic acids is 7. The summed E-state index contributed by atoms with van der Waals surface area (Å²) >= 11 is 0. The number of pyridine rings is 6. The summed E-state index contributed by atoms with van der Waals surface area (Å²) < 4.78 is 0. The Labute approximate surface area is 643 Å². The van der Waals surface area contributed by atoms with Gasteiger partial charge in [-0.05, 0) is 152 Å². The first-order valence-corrected chi connectivity index (χ1v) is 36.3. The molecule has 550 valence electrons. The van der Waals surface area contributed by atoms with Crippen molar-refractivity contribution in [2.75, 3.05) is 0 Å². The van der Waals surface area contributed by atoms with Gasteiger partial charge in [-0.3, -0.25) is 63.5 Å². The highest BCUT2D eigenvalue weighted by Crippen LogP contribution is 2.29. The zero-order chi connectivity index (χ0) is 76.7. The summed E-state index contributed by atoms with van der Waals surface area (Å²) in [6.07, 6.45) is 20.1. The molecule has 0 aliphatic heterocycles. The Balaban J connectivity index is 0.806. The third-order valence-electron chi connectivity index (χ3n) is 19.0. The van der Waals surface area contributed by atoms with E-state index < -0.39 is 11.8 Å². The van der Waals surface area contributed by atoms with E-state index >= 15 is 24.0 Å². The quantitative estimate of drug-likeness (QED) is 0.0425. The summed E-state index contributed by atoms with van der Waals surface area (Å²) in [6.45, 7) is 0.663.